The van der Waals surface area contributed by atoms with Gasteiger partial charge in [0.1, 0.15) is 0 Å². The minimum atomic E-state index is -0.784. The summed E-state index contributed by atoms with van der Waals surface area (Å²) in [6.07, 6.45) is 2.90. The van der Waals surface area contributed by atoms with Crippen molar-refractivity contribution in [3.63, 3.8) is 0 Å². The van der Waals surface area contributed by atoms with E-state index in [-0.39, 0.29) is 5.57 Å². The third-order valence-electron chi connectivity index (χ3n) is 2.45. The van der Waals surface area contributed by atoms with Crippen LogP contribution in [0.1, 0.15) is 5.56 Å². The van der Waals surface area contributed by atoms with E-state index in [1.165, 1.54) is 0 Å². The predicted molar refractivity (Wildman–Crippen MR) is 60.2 cm³/mol. The highest BCUT2D eigenvalue weighted by molar-refractivity contribution is 6.34. The van der Waals surface area contributed by atoms with E-state index in [4.69, 9.17) is 0 Å². The normalized spacial score (nSPS) is 14.8. The number of ketones is 2. The van der Waals surface area contributed by atoms with Crippen LogP contribution in [-0.2, 0) is 9.59 Å². The molecule has 18 heavy (non-hydrogen) atoms. The smallest absolute Gasteiger partial charge is 0.186 e. The van der Waals surface area contributed by atoms with Crippen LogP contribution in [0.3, 0.4) is 0 Å². The van der Waals surface area contributed by atoms with E-state index in [0.717, 1.165) is 24.3 Å². The molecule has 0 saturated heterocycles. The van der Waals surface area contributed by atoms with Crippen molar-refractivity contribution in [2.24, 2.45) is 0 Å². The first-order valence-corrected chi connectivity index (χ1v) is 4.87. The van der Waals surface area contributed by atoms with Gasteiger partial charge in [0.15, 0.2) is 34.6 Å². The van der Waals surface area contributed by atoms with Crippen LogP contribution in [0.2, 0.25) is 0 Å². The van der Waals surface area contributed by atoms with E-state index in [2.05, 4.69) is 0 Å². The molecule has 92 valence electrons. The summed E-state index contributed by atoms with van der Waals surface area (Å²) in [7, 11) is 0. The Hall–Kier alpha value is -2.76. The summed E-state index contributed by atoms with van der Waals surface area (Å²) < 4.78 is 0. The number of rotatable bonds is 1. The Kier molecular flexibility index (Phi) is 2.55. The fourth-order valence-electron chi connectivity index (χ4n) is 1.59. The fraction of sp³-hybridized carbons (Fsp3) is 0. The highest BCUT2D eigenvalue weighted by Gasteiger charge is 2.25. The second kappa shape index (κ2) is 3.92. The molecule has 6 heteroatoms. The maximum absolute atomic E-state index is 11.6. The molecule has 4 N–H and O–H groups in total. The Balaban J connectivity index is 2.72. The summed E-state index contributed by atoms with van der Waals surface area (Å²) in [5.74, 6) is -4.13. The van der Waals surface area contributed by atoms with Gasteiger partial charge in [-0.15, -0.1) is 0 Å². The molecule has 1 aromatic carbocycles. The predicted octanol–water partition coefficient (Wildman–Crippen LogP) is 0.600. The lowest BCUT2D eigenvalue weighted by Gasteiger charge is -2.13. The number of hydrogen-bond acceptors (Lipinski definition) is 6. The zero-order valence-corrected chi connectivity index (χ0v) is 8.91. The number of hydrogen-bond donors (Lipinski definition) is 4. The topological polar surface area (TPSA) is 115 Å². The first kappa shape index (κ1) is 11.7. The molecule has 0 amide bonds. The molecule has 0 atom stereocenters. The Bertz CT molecular complexity index is 598. The lowest BCUT2D eigenvalue weighted by molar-refractivity contribution is -0.113. The lowest BCUT2D eigenvalue weighted by atomic mass is 9.94. The van der Waals surface area contributed by atoms with Crippen LogP contribution in [-0.4, -0.2) is 32.0 Å². The quantitative estimate of drug-likeness (QED) is 0.328. The summed E-state index contributed by atoms with van der Waals surface area (Å²) in [5.41, 5.74) is -0.779. The number of phenolic OH excluding ortho intramolecular Hbond substituents is 4. The van der Waals surface area contributed by atoms with Crippen LogP contribution in [0.4, 0.5) is 0 Å². The van der Waals surface area contributed by atoms with Gasteiger partial charge in [0.2, 0.25) is 0 Å². The van der Waals surface area contributed by atoms with E-state index < -0.39 is 40.1 Å². The van der Waals surface area contributed by atoms with Crippen LogP contribution in [0.15, 0.2) is 24.3 Å². The maximum atomic E-state index is 11.6. The van der Waals surface area contributed by atoms with Gasteiger partial charge in [0.05, 0.1) is 5.56 Å². The minimum absolute atomic E-state index is 0.302. The van der Waals surface area contributed by atoms with Gasteiger partial charge < -0.3 is 20.4 Å². The van der Waals surface area contributed by atoms with E-state index in [0.29, 0.717) is 0 Å². The van der Waals surface area contributed by atoms with Crippen molar-refractivity contribution < 1.29 is 30.0 Å². The molecule has 6 nitrogen and oxygen atoms in total. The van der Waals surface area contributed by atoms with Crippen molar-refractivity contribution in [3.8, 4) is 23.0 Å². The van der Waals surface area contributed by atoms with E-state index in [1.54, 1.807) is 0 Å². The molecule has 2 rings (SSSR count). The summed E-state index contributed by atoms with van der Waals surface area (Å²) in [6.45, 7) is 0. The first-order valence-electron chi connectivity index (χ1n) is 4.87. The van der Waals surface area contributed by atoms with Gasteiger partial charge in [-0.25, -0.2) is 0 Å². The number of aromatic hydroxyl groups is 4. The molecule has 0 spiro atoms. The second-order valence-electron chi connectivity index (χ2n) is 3.64. The largest absolute Gasteiger partial charge is 0.504 e. The van der Waals surface area contributed by atoms with Gasteiger partial charge in [-0.2, -0.15) is 0 Å². The summed E-state index contributed by atoms with van der Waals surface area (Å²) >= 11 is 0. The molecule has 0 radical (unpaired) electrons. The van der Waals surface area contributed by atoms with Crippen LogP contribution < -0.4 is 0 Å². The van der Waals surface area contributed by atoms with E-state index >= 15 is 0 Å². The maximum Gasteiger partial charge on any atom is 0.186 e. The number of carbonyl (C=O) groups is 2. The summed E-state index contributed by atoms with van der Waals surface area (Å²) in [5, 5.41) is 37.9. The summed E-state index contributed by atoms with van der Waals surface area (Å²) in [6, 6.07) is 0.722. The Morgan fingerprint density at radius 3 is 1.94 bits per heavy atom. The molecule has 1 aliphatic carbocycles. The van der Waals surface area contributed by atoms with Crippen LogP contribution >= 0.6 is 0 Å². The third-order valence-corrected chi connectivity index (χ3v) is 2.45. The van der Waals surface area contributed by atoms with Crippen molar-refractivity contribution in [2.75, 3.05) is 0 Å². The van der Waals surface area contributed by atoms with E-state index in [1.807, 2.05) is 0 Å². The average Bonchev–Trinajstić information content (AvgIpc) is 2.31. The fourth-order valence-corrected chi connectivity index (χ4v) is 1.59. The molecule has 1 aliphatic rings. The number of allylic oxidation sites excluding steroid dienone is 4. The zero-order valence-electron chi connectivity index (χ0n) is 8.91. The summed E-state index contributed by atoms with van der Waals surface area (Å²) in [4.78, 5) is 22.8. The van der Waals surface area contributed by atoms with Crippen molar-refractivity contribution in [1.29, 1.82) is 0 Å². The van der Waals surface area contributed by atoms with Crippen LogP contribution in [0.5, 0.6) is 23.0 Å². The van der Waals surface area contributed by atoms with Gasteiger partial charge in [0, 0.05) is 11.6 Å². The van der Waals surface area contributed by atoms with Crippen molar-refractivity contribution in [3.05, 3.63) is 29.9 Å². The Morgan fingerprint density at radius 1 is 0.833 bits per heavy atom. The highest BCUT2D eigenvalue weighted by Crippen LogP contribution is 2.46. The third kappa shape index (κ3) is 1.69. The van der Waals surface area contributed by atoms with E-state index in [9.17, 15) is 30.0 Å². The van der Waals surface area contributed by atoms with Gasteiger partial charge in [-0.3, -0.25) is 9.59 Å². The first-order chi connectivity index (χ1) is 8.41. The average molecular weight is 248 g/mol. The Labute approximate surface area is 101 Å². The molecule has 0 fully saturated rings. The van der Waals surface area contributed by atoms with Crippen molar-refractivity contribution in [1.82, 2.24) is 0 Å². The second-order valence-corrected chi connectivity index (χ2v) is 3.64. The molecule has 0 aliphatic heterocycles. The molecular formula is C12H8O6. The molecular weight excluding hydrogens is 240 g/mol. The molecule has 0 bridgehead atoms. The van der Waals surface area contributed by atoms with Crippen molar-refractivity contribution in [2.45, 2.75) is 0 Å². The van der Waals surface area contributed by atoms with Gasteiger partial charge in [0.25, 0.3) is 0 Å². The molecule has 1 aromatic rings. The monoisotopic (exact) mass is 248 g/mol. The van der Waals surface area contributed by atoms with Crippen LogP contribution in [0.25, 0.3) is 5.57 Å². The van der Waals surface area contributed by atoms with Crippen molar-refractivity contribution >= 4 is 17.1 Å². The van der Waals surface area contributed by atoms with Gasteiger partial charge >= 0.3 is 0 Å². The van der Waals surface area contributed by atoms with Gasteiger partial charge in [-0.05, 0) is 18.2 Å². The Morgan fingerprint density at radius 2 is 1.39 bits per heavy atom. The molecule has 0 aromatic heterocycles. The van der Waals surface area contributed by atoms with Crippen LogP contribution in [0, 0.1) is 0 Å². The van der Waals surface area contributed by atoms with Gasteiger partial charge in [-0.1, -0.05) is 0 Å². The number of phenols is 4. The zero-order chi connectivity index (χ0) is 13.4. The molecule has 0 unspecified atom stereocenters. The number of carbonyl (C=O) groups excluding carboxylic acids is 2. The lowest BCUT2D eigenvalue weighted by Crippen LogP contribution is -2.07. The minimum Gasteiger partial charge on any atom is -0.504 e. The SMILES string of the molecule is O=C1C=CC(=O)C(c2c(O)c(O)cc(O)c2O)=C1. The molecule has 0 heterocycles. The highest BCUT2D eigenvalue weighted by atomic mass is 16.3. The molecule has 0 saturated carbocycles. The number of benzene rings is 1. The standard InChI is InChI=1S/C12H8O6/c13-5-1-2-7(14)6(3-5)10-11(17)8(15)4-9(16)12(10)18/h1-4,15-18H.